The number of carbonyl (C=O) groups is 1. The molecule has 298 valence electrons. The third-order valence-electron chi connectivity index (χ3n) is 10.1. The van der Waals surface area contributed by atoms with Crippen molar-refractivity contribution in [3.63, 3.8) is 0 Å². The predicted molar refractivity (Wildman–Crippen MR) is 229 cm³/mol. The van der Waals surface area contributed by atoms with E-state index in [1.165, 1.54) is 6.07 Å². The molecule has 1 aliphatic carbocycles. The van der Waals surface area contributed by atoms with Crippen LogP contribution < -0.4 is 35.0 Å². The summed E-state index contributed by atoms with van der Waals surface area (Å²) >= 11 is 0. The summed E-state index contributed by atoms with van der Waals surface area (Å²) in [5.41, 5.74) is 6.00. The maximum Gasteiger partial charge on any atom is 0.408 e. The number of ether oxygens (including phenoxy) is 5. The first kappa shape index (κ1) is 38.4. The fraction of sp³-hybridized carbons (Fsp3) is 0.170. The second-order valence-electron chi connectivity index (χ2n) is 14.2. The lowest BCUT2D eigenvalue weighted by Crippen LogP contribution is -2.41. The molecule has 4 N–H and O–H groups in total. The van der Waals surface area contributed by atoms with Gasteiger partial charge in [0, 0.05) is 69.8 Å². The number of pyridine rings is 2. The Balaban J connectivity index is 0.000000195. The molecule has 3 heterocycles. The van der Waals surface area contributed by atoms with Crippen LogP contribution in [0.1, 0.15) is 24.0 Å². The molecule has 59 heavy (non-hydrogen) atoms. The average molecular weight is 790 g/mol. The zero-order valence-corrected chi connectivity index (χ0v) is 32.6. The van der Waals surface area contributed by atoms with Gasteiger partial charge in [0.1, 0.15) is 19.8 Å². The molecule has 12 heteroatoms. The number of aromatic nitrogens is 3. The minimum absolute atomic E-state index is 0.0448. The summed E-state index contributed by atoms with van der Waals surface area (Å²) in [5, 5.41) is 9.10. The predicted octanol–water partition coefficient (Wildman–Crippen LogP) is 9.42. The molecule has 5 aromatic carbocycles. The standard InChI is InChI=1S/C30H28N4O4.C17H15NO3/c1-36-27-16-23-25(33-22-7-8-24-21(15-22)9-13-31-24)10-14-32-26(23)17-28(27)38-19-30(11-12-30)34-29(35)37-18-20-5-3-2-4-6-20;1-20-16-9-13-14(18-8-7-15(13)19)10-17(16)21-11-12-5-3-2-4-6-12/h2-10,13-17,31H,11-12,18-19H2,1H3,(H,32,33)(H,34,35);2-10H,11H2,1H3,(H,18,19). The summed E-state index contributed by atoms with van der Waals surface area (Å²) in [6, 6.07) is 38.4. The van der Waals surface area contributed by atoms with Crippen LogP contribution in [0.3, 0.4) is 0 Å². The molecule has 3 aromatic heterocycles. The largest absolute Gasteiger partial charge is 0.493 e. The molecule has 0 unspecified atom stereocenters. The van der Waals surface area contributed by atoms with E-state index in [0.29, 0.717) is 41.6 Å². The minimum Gasteiger partial charge on any atom is -0.493 e. The Bertz CT molecular complexity index is 2770. The molecule has 0 atom stereocenters. The summed E-state index contributed by atoms with van der Waals surface area (Å²) in [7, 11) is 3.18. The van der Waals surface area contributed by atoms with Crippen LogP contribution in [0.4, 0.5) is 16.2 Å². The lowest BCUT2D eigenvalue weighted by atomic mass is 10.1. The van der Waals surface area contributed by atoms with Crippen LogP contribution in [0.15, 0.2) is 145 Å². The monoisotopic (exact) mass is 789 g/mol. The Morgan fingerprint density at radius 3 is 2.10 bits per heavy atom. The topological polar surface area (TPSA) is 149 Å². The molecule has 1 saturated carbocycles. The van der Waals surface area contributed by atoms with Crippen molar-refractivity contribution in [2.24, 2.45) is 0 Å². The quantitative estimate of drug-likeness (QED) is 0.0897. The van der Waals surface area contributed by atoms with E-state index in [9.17, 15) is 9.59 Å². The zero-order chi connectivity index (χ0) is 40.6. The third kappa shape index (κ3) is 9.23. The number of amides is 1. The van der Waals surface area contributed by atoms with E-state index in [1.807, 2.05) is 103 Å². The molecule has 1 aliphatic rings. The van der Waals surface area contributed by atoms with Crippen molar-refractivity contribution in [1.29, 1.82) is 0 Å². The fourth-order valence-corrected chi connectivity index (χ4v) is 6.66. The molecular weight excluding hydrogens is 747 g/mol. The summed E-state index contributed by atoms with van der Waals surface area (Å²) in [5.74, 6) is 2.33. The first-order chi connectivity index (χ1) is 28.9. The summed E-state index contributed by atoms with van der Waals surface area (Å²) in [6.45, 7) is 0.979. The number of benzene rings is 5. The highest BCUT2D eigenvalue weighted by molar-refractivity contribution is 5.96. The van der Waals surface area contributed by atoms with E-state index < -0.39 is 11.6 Å². The van der Waals surface area contributed by atoms with Crippen molar-refractivity contribution in [3.05, 3.63) is 161 Å². The number of hydrogen-bond donors (Lipinski definition) is 4. The van der Waals surface area contributed by atoms with Crippen LogP contribution in [0.2, 0.25) is 0 Å². The molecule has 0 saturated heterocycles. The van der Waals surface area contributed by atoms with Gasteiger partial charge in [-0.25, -0.2) is 4.79 Å². The Morgan fingerprint density at radius 2 is 1.37 bits per heavy atom. The molecule has 12 nitrogen and oxygen atoms in total. The number of fused-ring (bicyclic) bond motifs is 3. The van der Waals surface area contributed by atoms with Crippen LogP contribution in [-0.4, -0.2) is 47.4 Å². The number of anilines is 2. The lowest BCUT2D eigenvalue weighted by Gasteiger charge is -2.20. The van der Waals surface area contributed by atoms with Gasteiger partial charge >= 0.3 is 6.09 Å². The van der Waals surface area contributed by atoms with Gasteiger partial charge in [-0.05, 0) is 66.4 Å². The highest BCUT2D eigenvalue weighted by atomic mass is 16.6. The van der Waals surface area contributed by atoms with Crippen LogP contribution in [-0.2, 0) is 18.0 Å². The van der Waals surface area contributed by atoms with Crippen molar-refractivity contribution >= 4 is 50.2 Å². The Labute approximate surface area is 340 Å². The number of rotatable bonds is 13. The third-order valence-corrected chi connectivity index (χ3v) is 10.1. The van der Waals surface area contributed by atoms with Crippen molar-refractivity contribution in [3.8, 4) is 23.0 Å². The maximum atomic E-state index is 12.4. The first-order valence-electron chi connectivity index (χ1n) is 19.2. The molecule has 0 bridgehead atoms. The molecule has 0 aliphatic heterocycles. The van der Waals surface area contributed by atoms with Crippen molar-refractivity contribution in [1.82, 2.24) is 20.3 Å². The van der Waals surface area contributed by atoms with E-state index in [0.717, 1.165) is 62.7 Å². The molecular formula is C47H43N5O7. The van der Waals surface area contributed by atoms with Crippen LogP contribution in [0.25, 0.3) is 32.7 Å². The molecule has 9 rings (SSSR count). The number of hydrogen-bond acceptors (Lipinski definition) is 9. The van der Waals surface area contributed by atoms with Crippen molar-refractivity contribution in [2.45, 2.75) is 31.6 Å². The smallest absolute Gasteiger partial charge is 0.408 e. The first-order valence-corrected chi connectivity index (χ1v) is 19.2. The maximum absolute atomic E-state index is 12.4. The van der Waals surface area contributed by atoms with Gasteiger partial charge < -0.3 is 44.3 Å². The van der Waals surface area contributed by atoms with Gasteiger partial charge in [-0.15, -0.1) is 0 Å². The van der Waals surface area contributed by atoms with Crippen LogP contribution in [0.5, 0.6) is 23.0 Å². The van der Waals surface area contributed by atoms with Gasteiger partial charge in [0.15, 0.2) is 28.4 Å². The number of nitrogens with zero attached hydrogens (tertiary/aromatic N) is 1. The van der Waals surface area contributed by atoms with Crippen LogP contribution >= 0.6 is 0 Å². The molecule has 1 amide bonds. The molecule has 8 aromatic rings. The van der Waals surface area contributed by atoms with E-state index in [2.05, 4.69) is 31.7 Å². The second kappa shape index (κ2) is 17.3. The number of aromatic amines is 2. The SMILES string of the molecule is COc1cc2c(=O)cc[nH]c2cc1OCc1ccccc1.COc1cc2c(Nc3ccc4[nH]ccc4c3)ccnc2cc1OCC1(NC(=O)OCc2ccccc2)CC1. The number of methoxy groups -OCH3 is 2. The molecule has 1 fully saturated rings. The van der Waals surface area contributed by atoms with Gasteiger partial charge in [-0.2, -0.15) is 0 Å². The van der Waals surface area contributed by atoms with E-state index in [4.69, 9.17) is 23.7 Å². The van der Waals surface area contributed by atoms with Crippen LogP contribution in [0, 0.1) is 0 Å². The highest BCUT2D eigenvalue weighted by Crippen LogP contribution is 2.40. The van der Waals surface area contributed by atoms with Gasteiger partial charge in [0.25, 0.3) is 0 Å². The lowest BCUT2D eigenvalue weighted by molar-refractivity contribution is 0.128. The number of alkyl carbamates (subject to hydrolysis) is 1. The average Bonchev–Trinajstić information content (AvgIpc) is 3.87. The minimum atomic E-state index is -0.448. The fourth-order valence-electron chi connectivity index (χ4n) is 6.66. The van der Waals surface area contributed by atoms with E-state index in [-0.39, 0.29) is 12.0 Å². The van der Waals surface area contributed by atoms with E-state index in [1.54, 1.807) is 38.7 Å². The van der Waals surface area contributed by atoms with Gasteiger partial charge in [-0.1, -0.05) is 60.7 Å². The number of carbonyl (C=O) groups excluding carboxylic acids is 1. The van der Waals surface area contributed by atoms with Gasteiger partial charge in [0.05, 0.1) is 30.8 Å². The summed E-state index contributed by atoms with van der Waals surface area (Å²) in [4.78, 5) is 35.0. The van der Waals surface area contributed by atoms with Gasteiger partial charge in [-0.3, -0.25) is 9.78 Å². The Hall–Kier alpha value is -7.47. The number of H-pyrrole nitrogens is 2. The Morgan fingerprint density at radius 1 is 0.695 bits per heavy atom. The molecule has 0 radical (unpaired) electrons. The van der Waals surface area contributed by atoms with Gasteiger partial charge in [0.2, 0.25) is 0 Å². The summed E-state index contributed by atoms with van der Waals surface area (Å²) in [6.07, 6.45) is 6.51. The molecule has 0 spiro atoms. The number of nitrogens with one attached hydrogen (secondary N) is 4. The zero-order valence-electron chi connectivity index (χ0n) is 32.6. The normalized spacial score (nSPS) is 12.6. The second-order valence-corrected chi connectivity index (χ2v) is 14.2. The summed E-state index contributed by atoms with van der Waals surface area (Å²) < 4.78 is 28.4. The highest BCUT2D eigenvalue weighted by Gasteiger charge is 2.45. The van der Waals surface area contributed by atoms with E-state index >= 15 is 0 Å². The van der Waals surface area contributed by atoms with Crippen molar-refractivity contribution in [2.75, 3.05) is 26.1 Å². The Kier molecular flexibility index (Phi) is 11.3. The van der Waals surface area contributed by atoms with Crippen molar-refractivity contribution < 1.29 is 28.5 Å².